The molecule has 12 heteroatoms. The van der Waals surface area contributed by atoms with E-state index in [2.05, 4.69) is 20.5 Å². The third-order valence-electron chi connectivity index (χ3n) is 11.1. The van der Waals surface area contributed by atoms with Crippen LogP contribution in [-0.4, -0.2) is 79.0 Å². The molecule has 2 aliphatic heterocycles. The number of likely N-dealkylation sites (tertiary alicyclic amines) is 1. The van der Waals surface area contributed by atoms with E-state index < -0.39 is 24.0 Å². The summed E-state index contributed by atoms with van der Waals surface area (Å²) in [4.78, 5) is 27.6. The molecule has 0 amide bonds. The van der Waals surface area contributed by atoms with Gasteiger partial charge in [-0.05, 0) is 118 Å². The summed E-state index contributed by atoms with van der Waals surface area (Å²) in [7, 11) is 0. The SMILES string of the molecule is Cl.Cl.O=C(O)[C@@H]1C[C@H]2C[C@@H](CN3C[C@@H](n4nnc(C56CC7CC(CC(C7)C5)C6)n4)C[C@H]3C(=O)O)CC[C@H]2CN1. The molecular weight excluding hydrogens is 543 g/mol. The molecule has 7 aliphatic rings. The van der Waals surface area contributed by atoms with Gasteiger partial charge in [0.15, 0.2) is 5.82 Å². The number of nitrogens with one attached hydrogen (secondary N) is 1. The van der Waals surface area contributed by atoms with Gasteiger partial charge in [0.1, 0.15) is 12.1 Å². The molecule has 218 valence electrons. The maximum atomic E-state index is 12.2. The number of rotatable bonds is 6. The minimum absolute atomic E-state index is 0. The van der Waals surface area contributed by atoms with Crippen LogP contribution in [-0.2, 0) is 15.0 Å². The van der Waals surface area contributed by atoms with Crippen LogP contribution < -0.4 is 5.32 Å². The van der Waals surface area contributed by atoms with E-state index in [1.165, 1.54) is 38.5 Å². The summed E-state index contributed by atoms with van der Waals surface area (Å²) < 4.78 is 0. The Morgan fingerprint density at radius 3 is 2.23 bits per heavy atom. The molecule has 3 heterocycles. The molecule has 3 N–H and O–H groups in total. The van der Waals surface area contributed by atoms with Gasteiger partial charge < -0.3 is 15.5 Å². The van der Waals surface area contributed by atoms with Crippen molar-refractivity contribution in [2.75, 3.05) is 19.6 Å². The number of hydrogen-bond acceptors (Lipinski definition) is 7. The Morgan fingerprint density at radius 1 is 0.897 bits per heavy atom. The van der Waals surface area contributed by atoms with Crippen LogP contribution in [0.3, 0.4) is 0 Å². The molecular formula is C27H42Cl2N6O4. The monoisotopic (exact) mass is 584 g/mol. The highest BCUT2D eigenvalue weighted by molar-refractivity contribution is 5.85. The number of nitrogens with zero attached hydrogens (tertiary/aromatic N) is 5. The topological polar surface area (TPSA) is 133 Å². The lowest BCUT2D eigenvalue weighted by molar-refractivity contribution is -0.143. The van der Waals surface area contributed by atoms with Crippen molar-refractivity contribution in [2.24, 2.45) is 35.5 Å². The molecule has 7 fully saturated rings. The highest BCUT2D eigenvalue weighted by Crippen LogP contribution is 2.60. The van der Waals surface area contributed by atoms with Gasteiger partial charge in [0.05, 0.1) is 6.04 Å². The summed E-state index contributed by atoms with van der Waals surface area (Å²) in [6.07, 6.45) is 12.1. The van der Waals surface area contributed by atoms with Crippen molar-refractivity contribution in [2.45, 2.75) is 94.2 Å². The van der Waals surface area contributed by atoms with Gasteiger partial charge in [0.2, 0.25) is 0 Å². The van der Waals surface area contributed by atoms with Crippen molar-refractivity contribution < 1.29 is 19.8 Å². The van der Waals surface area contributed by atoms with E-state index >= 15 is 0 Å². The zero-order valence-electron chi connectivity index (χ0n) is 22.4. The molecule has 8 rings (SSSR count). The van der Waals surface area contributed by atoms with Crippen LogP contribution in [0.5, 0.6) is 0 Å². The summed E-state index contributed by atoms with van der Waals surface area (Å²) in [6.45, 7) is 2.16. The number of carboxylic acids is 2. The molecule has 5 aliphatic carbocycles. The van der Waals surface area contributed by atoms with Gasteiger partial charge in [-0.15, -0.1) is 35.0 Å². The second kappa shape index (κ2) is 11.1. The second-order valence-corrected chi connectivity index (χ2v) is 13.6. The van der Waals surface area contributed by atoms with E-state index in [0.717, 1.165) is 55.9 Å². The number of aromatic nitrogens is 4. The average molecular weight is 586 g/mol. The quantitative estimate of drug-likeness (QED) is 0.461. The molecule has 10 nitrogen and oxygen atoms in total. The van der Waals surface area contributed by atoms with Gasteiger partial charge in [-0.25, -0.2) is 0 Å². The summed E-state index contributed by atoms with van der Waals surface area (Å²) in [6, 6.07) is -1.05. The Bertz CT molecular complexity index is 1040. The van der Waals surface area contributed by atoms with Crippen LogP contribution in [0, 0.1) is 35.5 Å². The Morgan fingerprint density at radius 2 is 1.59 bits per heavy atom. The molecule has 1 aromatic heterocycles. The molecule has 6 atom stereocenters. The smallest absolute Gasteiger partial charge is 0.321 e. The molecule has 0 spiro atoms. The van der Waals surface area contributed by atoms with E-state index in [9.17, 15) is 19.8 Å². The molecule has 4 bridgehead atoms. The fourth-order valence-corrected chi connectivity index (χ4v) is 9.83. The van der Waals surface area contributed by atoms with Crippen molar-refractivity contribution in [1.29, 1.82) is 0 Å². The number of hydrogen-bond donors (Lipinski definition) is 3. The molecule has 2 saturated heterocycles. The number of carboxylic acid groups (broad SMARTS) is 2. The van der Waals surface area contributed by atoms with Gasteiger partial charge in [0.25, 0.3) is 0 Å². The summed E-state index contributed by atoms with van der Waals surface area (Å²) in [5, 5.41) is 36.7. The third-order valence-corrected chi connectivity index (χ3v) is 11.1. The Labute approximate surface area is 241 Å². The van der Waals surface area contributed by atoms with E-state index in [-0.39, 0.29) is 36.3 Å². The number of fused-ring (bicyclic) bond motifs is 1. The highest BCUT2D eigenvalue weighted by atomic mass is 35.5. The van der Waals surface area contributed by atoms with Gasteiger partial charge in [0, 0.05) is 18.5 Å². The molecule has 1 aromatic rings. The standard InChI is InChI=1S/C27H40N6O4.2ClH/c34-24(35)22-7-20-6-15(1-2-19(20)12-28-22)13-32-14-21(8-23(32)25(36)37)33-30-26(29-31-33)27-9-16-3-17(10-27)5-18(4-16)11-27;;/h15-23,28H,1-14H2,(H,34,35)(H,36,37);2*1H/t15-,16?,17?,18?,19-,20+,21-,22-,23-,27?;;/m0../s1. The van der Waals surface area contributed by atoms with Crippen molar-refractivity contribution in [3.63, 3.8) is 0 Å². The van der Waals surface area contributed by atoms with Crippen molar-refractivity contribution >= 4 is 36.8 Å². The maximum absolute atomic E-state index is 12.2. The first-order valence-corrected chi connectivity index (χ1v) is 14.6. The summed E-state index contributed by atoms with van der Waals surface area (Å²) in [5.41, 5.74) is 0.0960. The van der Waals surface area contributed by atoms with Gasteiger partial charge >= 0.3 is 11.9 Å². The van der Waals surface area contributed by atoms with Crippen LogP contribution >= 0.6 is 24.8 Å². The Hall–Kier alpha value is -1.49. The fourth-order valence-electron chi connectivity index (χ4n) is 9.83. The summed E-state index contributed by atoms with van der Waals surface area (Å²) in [5.74, 6) is 3.17. The van der Waals surface area contributed by atoms with E-state index in [0.29, 0.717) is 37.1 Å². The minimum atomic E-state index is -0.773. The minimum Gasteiger partial charge on any atom is -0.480 e. The zero-order chi connectivity index (χ0) is 25.3. The molecule has 0 radical (unpaired) electrons. The molecule has 0 unspecified atom stereocenters. The second-order valence-electron chi connectivity index (χ2n) is 13.6. The van der Waals surface area contributed by atoms with Gasteiger partial charge in [-0.2, -0.15) is 4.80 Å². The number of piperidine rings is 1. The van der Waals surface area contributed by atoms with Crippen LogP contribution in [0.25, 0.3) is 0 Å². The van der Waals surface area contributed by atoms with E-state index in [1.807, 2.05) is 0 Å². The largest absolute Gasteiger partial charge is 0.480 e. The van der Waals surface area contributed by atoms with Gasteiger partial charge in [-0.3, -0.25) is 14.5 Å². The van der Waals surface area contributed by atoms with Crippen LogP contribution in [0.1, 0.15) is 82.5 Å². The predicted octanol–water partition coefficient (Wildman–Crippen LogP) is 3.16. The number of aliphatic carboxylic acids is 2. The fraction of sp³-hybridized carbons (Fsp3) is 0.889. The van der Waals surface area contributed by atoms with E-state index in [1.54, 1.807) is 4.80 Å². The van der Waals surface area contributed by atoms with Gasteiger partial charge in [-0.1, -0.05) is 0 Å². The van der Waals surface area contributed by atoms with Crippen molar-refractivity contribution in [3.8, 4) is 0 Å². The number of halogens is 2. The molecule has 5 saturated carbocycles. The number of carbonyl (C=O) groups is 2. The van der Waals surface area contributed by atoms with Crippen LogP contribution in [0.15, 0.2) is 0 Å². The normalized spacial score (nSPS) is 42.8. The maximum Gasteiger partial charge on any atom is 0.321 e. The van der Waals surface area contributed by atoms with Crippen LogP contribution in [0.4, 0.5) is 0 Å². The lowest BCUT2D eigenvalue weighted by atomic mass is 9.49. The number of tetrazole rings is 1. The van der Waals surface area contributed by atoms with E-state index in [4.69, 9.17) is 5.10 Å². The molecule has 39 heavy (non-hydrogen) atoms. The first-order valence-electron chi connectivity index (χ1n) is 14.6. The third kappa shape index (κ3) is 5.31. The van der Waals surface area contributed by atoms with Crippen LogP contribution in [0.2, 0.25) is 0 Å². The van der Waals surface area contributed by atoms with Crippen molar-refractivity contribution in [1.82, 2.24) is 30.4 Å². The first kappa shape index (κ1) is 29.0. The first-order chi connectivity index (χ1) is 17.8. The highest BCUT2D eigenvalue weighted by Gasteiger charge is 2.54. The lowest BCUT2D eigenvalue weighted by Crippen LogP contribution is -2.50. The van der Waals surface area contributed by atoms with Crippen molar-refractivity contribution in [3.05, 3.63) is 5.82 Å². The Balaban J connectivity index is 0.00000154. The zero-order valence-corrected chi connectivity index (χ0v) is 24.0. The average Bonchev–Trinajstić information content (AvgIpc) is 3.51. The lowest BCUT2D eigenvalue weighted by Gasteiger charge is -2.55. The Kier molecular flexibility index (Phi) is 8.23. The predicted molar refractivity (Wildman–Crippen MR) is 147 cm³/mol. The molecule has 0 aromatic carbocycles. The summed E-state index contributed by atoms with van der Waals surface area (Å²) >= 11 is 0.